The number of fused-ring (bicyclic) bond motifs is 1. The molecule has 29 heavy (non-hydrogen) atoms. The van der Waals surface area contributed by atoms with E-state index in [0.29, 0.717) is 5.56 Å². The molecule has 5 nitrogen and oxygen atoms in total. The van der Waals surface area contributed by atoms with Gasteiger partial charge in [-0.3, -0.25) is 15.0 Å². The van der Waals surface area contributed by atoms with Crippen LogP contribution >= 0.6 is 0 Å². The van der Waals surface area contributed by atoms with Crippen molar-refractivity contribution in [1.29, 1.82) is 0 Å². The number of piperidine rings is 1. The normalized spacial score (nSPS) is 16.1. The SMILES string of the molecule is NC(=NC1CCN(Cc2ccc3ccccc3c2)CC1)NC(=O)c1ccccc1. The molecular weight excluding hydrogens is 360 g/mol. The van der Waals surface area contributed by atoms with Crippen molar-refractivity contribution in [3.05, 3.63) is 83.9 Å². The smallest absolute Gasteiger partial charge is 0.257 e. The van der Waals surface area contributed by atoms with E-state index in [2.05, 4.69) is 57.7 Å². The number of amides is 1. The van der Waals surface area contributed by atoms with Gasteiger partial charge in [-0.2, -0.15) is 0 Å². The second-order valence-electron chi connectivity index (χ2n) is 7.52. The highest BCUT2D eigenvalue weighted by Gasteiger charge is 2.19. The number of hydrogen-bond donors (Lipinski definition) is 2. The van der Waals surface area contributed by atoms with E-state index in [1.54, 1.807) is 12.1 Å². The molecule has 4 rings (SSSR count). The van der Waals surface area contributed by atoms with E-state index < -0.39 is 0 Å². The molecule has 0 aliphatic carbocycles. The standard InChI is InChI=1S/C24H26N4O/c25-24(27-23(29)20-7-2-1-3-8-20)26-22-12-14-28(15-13-22)17-18-10-11-19-6-4-5-9-21(19)16-18/h1-11,16,22H,12-15,17H2,(H3,25,26,27,29). The predicted molar refractivity (Wildman–Crippen MR) is 118 cm³/mol. The minimum absolute atomic E-state index is 0.152. The maximum absolute atomic E-state index is 12.2. The summed E-state index contributed by atoms with van der Waals surface area (Å²) in [5.74, 6) is -0.0209. The fraction of sp³-hybridized carbons (Fsp3) is 0.250. The Bertz CT molecular complexity index is 1010. The Hall–Kier alpha value is -3.18. The largest absolute Gasteiger partial charge is 0.370 e. The molecule has 0 saturated carbocycles. The number of nitrogens with two attached hydrogens (primary N) is 1. The van der Waals surface area contributed by atoms with Crippen molar-refractivity contribution in [2.24, 2.45) is 10.7 Å². The lowest BCUT2D eigenvalue weighted by molar-refractivity contribution is 0.0976. The van der Waals surface area contributed by atoms with Crippen LogP contribution in [0.5, 0.6) is 0 Å². The van der Waals surface area contributed by atoms with Crippen molar-refractivity contribution >= 4 is 22.6 Å². The minimum Gasteiger partial charge on any atom is -0.370 e. The van der Waals surface area contributed by atoms with Crippen molar-refractivity contribution in [2.45, 2.75) is 25.4 Å². The van der Waals surface area contributed by atoms with E-state index in [1.807, 2.05) is 18.2 Å². The van der Waals surface area contributed by atoms with Gasteiger partial charge in [-0.25, -0.2) is 4.99 Å². The van der Waals surface area contributed by atoms with E-state index in [-0.39, 0.29) is 17.9 Å². The lowest BCUT2D eigenvalue weighted by Gasteiger charge is -2.30. The Kier molecular flexibility index (Phi) is 5.86. The van der Waals surface area contributed by atoms with Crippen molar-refractivity contribution in [1.82, 2.24) is 10.2 Å². The Balaban J connectivity index is 1.29. The minimum atomic E-state index is -0.222. The lowest BCUT2D eigenvalue weighted by atomic mass is 10.0. The lowest BCUT2D eigenvalue weighted by Crippen LogP contribution is -2.40. The van der Waals surface area contributed by atoms with E-state index in [4.69, 9.17) is 5.73 Å². The van der Waals surface area contributed by atoms with Gasteiger partial charge in [0.25, 0.3) is 5.91 Å². The van der Waals surface area contributed by atoms with Gasteiger partial charge in [0.15, 0.2) is 5.96 Å². The van der Waals surface area contributed by atoms with Crippen LogP contribution < -0.4 is 11.1 Å². The summed E-state index contributed by atoms with van der Waals surface area (Å²) in [7, 11) is 0. The summed E-state index contributed by atoms with van der Waals surface area (Å²) in [6.45, 7) is 2.89. The molecule has 0 radical (unpaired) electrons. The number of hydrogen-bond acceptors (Lipinski definition) is 3. The van der Waals surface area contributed by atoms with Crippen molar-refractivity contribution < 1.29 is 4.79 Å². The fourth-order valence-electron chi connectivity index (χ4n) is 3.81. The van der Waals surface area contributed by atoms with Crippen LogP contribution in [0.15, 0.2) is 77.8 Å². The molecule has 1 aliphatic rings. The molecule has 3 N–H and O–H groups in total. The molecule has 1 heterocycles. The number of carbonyl (C=O) groups excluding carboxylic acids is 1. The van der Waals surface area contributed by atoms with Crippen LogP contribution in [-0.2, 0) is 6.54 Å². The molecule has 1 amide bonds. The maximum atomic E-state index is 12.2. The summed E-state index contributed by atoms with van der Waals surface area (Å²) >= 11 is 0. The van der Waals surface area contributed by atoms with Crippen LogP contribution in [0.2, 0.25) is 0 Å². The molecule has 0 unspecified atom stereocenters. The van der Waals surface area contributed by atoms with E-state index in [9.17, 15) is 4.79 Å². The average molecular weight is 386 g/mol. The van der Waals surface area contributed by atoms with Crippen LogP contribution in [0.1, 0.15) is 28.8 Å². The predicted octanol–water partition coefficient (Wildman–Crippen LogP) is 3.55. The topological polar surface area (TPSA) is 70.7 Å². The second kappa shape index (κ2) is 8.88. The van der Waals surface area contributed by atoms with Gasteiger partial charge in [0, 0.05) is 25.2 Å². The quantitative estimate of drug-likeness (QED) is 0.532. The van der Waals surface area contributed by atoms with Gasteiger partial charge in [0.2, 0.25) is 0 Å². The third-order valence-electron chi connectivity index (χ3n) is 5.38. The van der Waals surface area contributed by atoms with Crippen LogP contribution in [0.3, 0.4) is 0 Å². The van der Waals surface area contributed by atoms with Crippen molar-refractivity contribution in [2.75, 3.05) is 13.1 Å². The van der Waals surface area contributed by atoms with Crippen LogP contribution in [-0.4, -0.2) is 35.9 Å². The summed E-state index contributed by atoms with van der Waals surface area (Å²) in [4.78, 5) is 19.1. The van der Waals surface area contributed by atoms with Gasteiger partial charge in [0.05, 0.1) is 6.04 Å². The molecule has 1 fully saturated rings. The van der Waals surface area contributed by atoms with Gasteiger partial charge in [-0.15, -0.1) is 0 Å². The zero-order valence-electron chi connectivity index (χ0n) is 16.4. The van der Waals surface area contributed by atoms with Crippen LogP contribution in [0.25, 0.3) is 10.8 Å². The van der Waals surface area contributed by atoms with E-state index in [0.717, 1.165) is 32.5 Å². The van der Waals surface area contributed by atoms with Crippen molar-refractivity contribution in [3.8, 4) is 0 Å². The number of nitrogens with one attached hydrogen (secondary N) is 1. The summed E-state index contributed by atoms with van der Waals surface area (Å²) in [6.07, 6.45) is 1.88. The number of nitrogens with zero attached hydrogens (tertiary/aromatic N) is 2. The Morgan fingerprint density at radius 3 is 2.41 bits per heavy atom. The molecule has 0 bridgehead atoms. The number of guanidine groups is 1. The maximum Gasteiger partial charge on any atom is 0.257 e. The number of rotatable bonds is 4. The summed E-state index contributed by atoms with van der Waals surface area (Å²) in [5, 5.41) is 5.25. The highest BCUT2D eigenvalue weighted by molar-refractivity contribution is 6.05. The summed E-state index contributed by atoms with van der Waals surface area (Å²) in [5.41, 5.74) is 7.87. The Morgan fingerprint density at radius 2 is 1.66 bits per heavy atom. The molecule has 0 aromatic heterocycles. The molecule has 1 saturated heterocycles. The summed E-state index contributed by atoms with van der Waals surface area (Å²) in [6, 6.07) is 24.3. The Labute approximate surface area is 171 Å². The highest BCUT2D eigenvalue weighted by atomic mass is 16.1. The molecule has 3 aromatic rings. The monoisotopic (exact) mass is 386 g/mol. The fourth-order valence-corrected chi connectivity index (χ4v) is 3.81. The van der Waals surface area contributed by atoms with E-state index >= 15 is 0 Å². The third kappa shape index (κ3) is 5.00. The first-order chi connectivity index (χ1) is 14.2. The van der Waals surface area contributed by atoms with E-state index in [1.165, 1.54) is 16.3 Å². The first kappa shape index (κ1) is 19.2. The molecule has 1 aliphatic heterocycles. The average Bonchev–Trinajstić information content (AvgIpc) is 2.75. The molecule has 0 spiro atoms. The number of aliphatic imine (C=N–C) groups is 1. The molecule has 148 valence electrons. The van der Waals surface area contributed by atoms with Gasteiger partial charge in [-0.1, -0.05) is 54.6 Å². The number of carbonyl (C=O) groups is 1. The molecule has 3 aromatic carbocycles. The van der Waals surface area contributed by atoms with Gasteiger partial charge in [0.1, 0.15) is 0 Å². The molecule has 5 heteroatoms. The third-order valence-corrected chi connectivity index (χ3v) is 5.38. The Morgan fingerprint density at radius 1 is 0.966 bits per heavy atom. The van der Waals surface area contributed by atoms with Crippen LogP contribution in [0.4, 0.5) is 0 Å². The first-order valence-electron chi connectivity index (χ1n) is 10.1. The van der Waals surface area contributed by atoms with Gasteiger partial charge >= 0.3 is 0 Å². The van der Waals surface area contributed by atoms with Gasteiger partial charge in [-0.05, 0) is 47.4 Å². The first-order valence-corrected chi connectivity index (χ1v) is 10.1. The van der Waals surface area contributed by atoms with Gasteiger partial charge < -0.3 is 5.73 Å². The highest BCUT2D eigenvalue weighted by Crippen LogP contribution is 2.20. The number of benzene rings is 3. The van der Waals surface area contributed by atoms with Crippen molar-refractivity contribution in [3.63, 3.8) is 0 Å². The zero-order chi connectivity index (χ0) is 20.1. The molecular formula is C24H26N4O. The second-order valence-corrected chi connectivity index (χ2v) is 7.52. The summed E-state index contributed by atoms with van der Waals surface area (Å²) < 4.78 is 0. The number of likely N-dealkylation sites (tertiary alicyclic amines) is 1. The zero-order valence-corrected chi connectivity index (χ0v) is 16.4. The molecule has 0 atom stereocenters. The van der Waals surface area contributed by atoms with Crippen LogP contribution in [0, 0.1) is 0 Å².